The summed E-state index contributed by atoms with van der Waals surface area (Å²) in [4.78, 5) is 23.9. The molecule has 4 heteroatoms. The van der Waals surface area contributed by atoms with Gasteiger partial charge in [0.15, 0.2) is 11.4 Å². The molecule has 1 aliphatic heterocycles. The van der Waals surface area contributed by atoms with Crippen LogP contribution in [0.1, 0.15) is 127 Å². The van der Waals surface area contributed by atoms with Gasteiger partial charge in [-0.3, -0.25) is 4.79 Å². The molecule has 2 aromatic rings. The van der Waals surface area contributed by atoms with E-state index >= 15 is 0 Å². The van der Waals surface area contributed by atoms with E-state index in [4.69, 9.17) is 9.47 Å². The van der Waals surface area contributed by atoms with Crippen LogP contribution in [0.5, 0.6) is 0 Å². The van der Waals surface area contributed by atoms with Gasteiger partial charge < -0.3 is 9.47 Å². The van der Waals surface area contributed by atoms with Crippen LogP contribution in [-0.2, 0) is 31.9 Å². The van der Waals surface area contributed by atoms with E-state index in [1.807, 2.05) is 56.3 Å². The van der Waals surface area contributed by atoms with Gasteiger partial charge in [-0.05, 0) is 57.6 Å². The standard InChI is InChI=1S/C15H18O2.C14H18O2.C3H8.C2H6/c1-11(2)17-15(12(3)16)10-6-8-13-7-4-5-9-14(13)15;1-3-9-14(10-4-2)12-8-6-5-7-11(12)13(15)16-14;1-3-2;1-2/h4-5,7,9H,1,6,8,10H2,2-3H3;5-8H,3-4,9-10H2,1-2H3;3H2,1-2H3;1-2H3. The lowest BCUT2D eigenvalue weighted by atomic mass is 9.76. The Kier molecular flexibility index (Phi) is 14.1. The third-order valence-corrected chi connectivity index (χ3v) is 6.58. The zero-order valence-corrected chi connectivity index (χ0v) is 25.1. The molecule has 1 atom stereocenters. The second-order valence-corrected chi connectivity index (χ2v) is 9.83. The summed E-state index contributed by atoms with van der Waals surface area (Å²) in [6.07, 6.45) is 7.89. The number of aryl methyl sites for hydroxylation is 1. The number of rotatable bonds is 7. The Balaban J connectivity index is 0.000000326. The van der Waals surface area contributed by atoms with Crippen LogP contribution in [0.3, 0.4) is 0 Å². The van der Waals surface area contributed by atoms with E-state index in [1.165, 1.54) is 12.0 Å². The van der Waals surface area contributed by atoms with Gasteiger partial charge in [-0.1, -0.05) is 110 Å². The zero-order valence-electron chi connectivity index (χ0n) is 25.1. The van der Waals surface area contributed by atoms with Gasteiger partial charge in [0.25, 0.3) is 0 Å². The number of allylic oxidation sites excluding steroid dienone is 1. The molecule has 1 heterocycles. The van der Waals surface area contributed by atoms with Crippen LogP contribution in [0.25, 0.3) is 0 Å². The Morgan fingerprint density at radius 1 is 0.921 bits per heavy atom. The SMILES string of the molecule is C=C(C)OC1(C(C)=O)CCCc2ccccc21.CC.CCC.CCCC1(CCC)OC(=O)c2ccccc21. The van der Waals surface area contributed by atoms with Crippen molar-refractivity contribution < 1.29 is 19.1 Å². The fraction of sp³-hybridized carbons (Fsp3) is 0.529. The molecule has 1 unspecified atom stereocenters. The van der Waals surface area contributed by atoms with E-state index in [0.717, 1.165) is 61.6 Å². The number of ketones is 1. The maximum atomic E-state index is 12.1. The molecule has 4 rings (SSSR count). The van der Waals surface area contributed by atoms with Crippen molar-refractivity contribution in [2.45, 2.75) is 118 Å². The summed E-state index contributed by atoms with van der Waals surface area (Å²) in [5, 5.41) is 0. The van der Waals surface area contributed by atoms with E-state index in [1.54, 1.807) is 13.8 Å². The number of Topliss-reactive ketones (excluding diaryl/α,β-unsaturated/α-hetero) is 1. The summed E-state index contributed by atoms with van der Waals surface area (Å²) in [6.45, 7) is 19.7. The first-order valence-corrected chi connectivity index (χ1v) is 14.5. The Morgan fingerprint density at radius 2 is 1.45 bits per heavy atom. The molecule has 0 saturated carbocycles. The molecule has 0 bridgehead atoms. The topological polar surface area (TPSA) is 52.6 Å². The first-order valence-electron chi connectivity index (χ1n) is 14.5. The zero-order chi connectivity index (χ0) is 28.8. The van der Waals surface area contributed by atoms with Crippen LogP contribution < -0.4 is 0 Å². The molecule has 0 amide bonds. The lowest BCUT2D eigenvalue weighted by molar-refractivity contribution is -0.140. The minimum Gasteiger partial charge on any atom is -0.480 e. The van der Waals surface area contributed by atoms with Crippen molar-refractivity contribution in [3.8, 4) is 0 Å². The molecule has 4 nitrogen and oxygen atoms in total. The number of benzene rings is 2. The van der Waals surface area contributed by atoms with E-state index in [-0.39, 0.29) is 17.4 Å². The van der Waals surface area contributed by atoms with Crippen molar-refractivity contribution in [1.82, 2.24) is 0 Å². The quantitative estimate of drug-likeness (QED) is 0.268. The number of carbonyl (C=O) groups is 2. The van der Waals surface area contributed by atoms with Gasteiger partial charge in [0, 0.05) is 11.1 Å². The number of hydrogen-bond acceptors (Lipinski definition) is 4. The van der Waals surface area contributed by atoms with E-state index in [0.29, 0.717) is 5.76 Å². The van der Waals surface area contributed by atoms with Crippen LogP contribution >= 0.6 is 0 Å². The first-order chi connectivity index (χ1) is 18.2. The maximum Gasteiger partial charge on any atom is 0.339 e. The van der Waals surface area contributed by atoms with Crippen molar-refractivity contribution >= 4 is 11.8 Å². The molecule has 210 valence electrons. The highest BCUT2D eigenvalue weighted by atomic mass is 16.6. The van der Waals surface area contributed by atoms with Crippen molar-refractivity contribution in [3.63, 3.8) is 0 Å². The molecule has 0 aromatic heterocycles. The minimum atomic E-state index is -0.805. The van der Waals surface area contributed by atoms with Crippen LogP contribution in [0.2, 0.25) is 0 Å². The number of ether oxygens (including phenoxy) is 2. The lowest BCUT2D eigenvalue weighted by Gasteiger charge is -2.37. The van der Waals surface area contributed by atoms with E-state index in [2.05, 4.69) is 40.3 Å². The minimum absolute atomic E-state index is 0.0626. The number of hydrogen-bond donors (Lipinski definition) is 0. The van der Waals surface area contributed by atoms with Crippen molar-refractivity contribution in [2.75, 3.05) is 0 Å². The van der Waals surface area contributed by atoms with Gasteiger partial charge in [-0.25, -0.2) is 4.79 Å². The summed E-state index contributed by atoms with van der Waals surface area (Å²) in [5.74, 6) is 0.502. The predicted molar refractivity (Wildman–Crippen MR) is 158 cm³/mol. The summed E-state index contributed by atoms with van der Waals surface area (Å²) < 4.78 is 11.5. The van der Waals surface area contributed by atoms with Crippen molar-refractivity contribution in [1.29, 1.82) is 0 Å². The highest BCUT2D eigenvalue weighted by molar-refractivity contribution is 5.94. The molecule has 2 aliphatic rings. The van der Waals surface area contributed by atoms with Gasteiger partial charge in [0.2, 0.25) is 0 Å². The molecular formula is C34H50O4. The Morgan fingerprint density at radius 3 is 1.97 bits per heavy atom. The smallest absolute Gasteiger partial charge is 0.339 e. The van der Waals surface area contributed by atoms with E-state index < -0.39 is 5.60 Å². The lowest BCUT2D eigenvalue weighted by Crippen LogP contribution is -2.40. The van der Waals surface area contributed by atoms with Crippen LogP contribution in [0.4, 0.5) is 0 Å². The number of carbonyl (C=O) groups excluding carboxylic acids is 2. The molecule has 0 radical (unpaired) electrons. The Bertz CT molecular complexity index is 1030. The average molecular weight is 523 g/mol. The molecule has 0 spiro atoms. The largest absolute Gasteiger partial charge is 0.480 e. The molecule has 0 N–H and O–H groups in total. The van der Waals surface area contributed by atoms with Gasteiger partial charge in [-0.2, -0.15) is 0 Å². The average Bonchev–Trinajstić information content (AvgIpc) is 3.17. The summed E-state index contributed by atoms with van der Waals surface area (Å²) in [7, 11) is 0. The Labute approximate surface area is 231 Å². The maximum absolute atomic E-state index is 12.1. The van der Waals surface area contributed by atoms with Gasteiger partial charge >= 0.3 is 5.97 Å². The second kappa shape index (κ2) is 16.2. The fourth-order valence-electron chi connectivity index (χ4n) is 5.29. The van der Waals surface area contributed by atoms with Gasteiger partial charge in [-0.15, -0.1) is 0 Å². The number of fused-ring (bicyclic) bond motifs is 2. The molecule has 0 fully saturated rings. The van der Waals surface area contributed by atoms with Crippen LogP contribution in [0, 0.1) is 0 Å². The van der Waals surface area contributed by atoms with Crippen LogP contribution in [-0.4, -0.2) is 11.8 Å². The fourth-order valence-corrected chi connectivity index (χ4v) is 5.29. The number of esters is 1. The first kappa shape index (κ1) is 33.1. The third kappa shape index (κ3) is 7.82. The summed E-state index contributed by atoms with van der Waals surface area (Å²) in [6, 6.07) is 15.8. The molecule has 38 heavy (non-hydrogen) atoms. The van der Waals surface area contributed by atoms with Crippen molar-refractivity contribution in [3.05, 3.63) is 83.1 Å². The molecule has 0 saturated heterocycles. The monoisotopic (exact) mass is 522 g/mol. The normalized spacial score (nSPS) is 17.9. The van der Waals surface area contributed by atoms with E-state index in [9.17, 15) is 9.59 Å². The highest BCUT2D eigenvalue weighted by Crippen LogP contribution is 2.43. The molecular weight excluding hydrogens is 472 g/mol. The Hall–Kier alpha value is -2.88. The number of cyclic esters (lactones) is 1. The van der Waals surface area contributed by atoms with Crippen molar-refractivity contribution in [2.24, 2.45) is 0 Å². The summed E-state index contributed by atoms with van der Waals surface area (Å²) in [5.41, 5.74) is 2.92. The van der Waals surface area contributed by atoms with Gasteiger partial charge in [0.1, 0.15) is 5.60 Å². The second-order valence-electron chi connectivity index (χ2n) is 9.83. The van der Waals surface area contributed by atoms with Crippen LogP contribution in [0.15, 0.2) is 60.9 Å². The summed E-state index contributed by atoms with van der Waals surface area (Å²) >= 11 is 0. The third-order valence-electron chi connectivity index (χ3n) is 6.58. The molecule has 1 aliphatic carbocycles. The predicted octanol–water partition coefficient (Wildman–Crippen LogP) is 9.45. The highest BCUT2D eigenvalue weighted by Gasteiger charge is 2.44. The molecule has 2 aromatic carbocycles. The van der Waals surface area contributed by atoms with Gasteiger partial charge in [0.05, 0.1) is 11.3 Å².